The Hall–Kier alpha value is -2.26. The van der Waals surface area contributed by atoms with E-state index in [9.17, 15) is 4.79 Å². The van der Waals surface area contributed by atoms with Gasteiger partial charge in [-0.1, -0.05) is 0 Å². The van der Waals surface area contributed by atoms with Crippen molar-refractivity contribution >= 4 is 17.5 Å². The van der Waals surface area contributed by atoms with Crippen LogP contribution in [0.4, 0.5) is 0 Å². The van der Waals surface area contributed by atoms with Crippen LogP contribution in [0.15, 0.2) is 24.7 Å². The third kappa shape index (κ3) is 1.76. The molecule has 0 unspecified atom stereocenters. The fourth-order valence-corrected chi connectivity index (χ4v) is 1.86. The van der Waals surface area contributed by atoms with E-state index in [1.165, 1.54) is 18.6 Å². The Balaban J connectivity index is 2.55. The van der Waals surface area contributed by atoms with Crippen molar-refractivity contribution in [3.05, 3.63) is 35.1 Å². The van der Waals surface area contributed by atoms with Crippen molar-refractivity contribution in [2.45, 2.75) is 0 Å². The molecule has 0 aromatic carbocycles. The van der Waals surface area contributed by atoms with Crippen LogP contribution in [-0.4, -0.2) is 20.4 Å². The van der Waals surface area contributed by atoms with Crippen LogP contribution in [-0.2, 0) is 0 Å². The number of carboxylic acids is 1. The van der Waals surface area contributed by atoms with E-state index in [1.807, 2.05) is 6.07 Å². The molecule has 0 aliphatic carbocycles. The lowest BCUT2D eigenvalue weighted by Crippen LogP contribution is -1.94. The van der Waals surface area contributed by atoms with Crippen molar-refractivity contribution in [2.24, 2.45) is 0 Å². The Morgan fingerprint density at radius 2 is 2.25 bits per heavy atom. The van der Waals surface area contributed by atoms with Gasteiger partial charge in [-0.25, -0.2) is 4.79 Å². The summed E-state index contributed by atoms with van der Waals surface area (Å²) in [5, 5.41) is 17.6. The van der Waals surface area contributed by atoms with Gasteiger partial charge >= 0.3 is 5.97 Å². The number of hydrogen-bond acceptors (Lipinski definition) is 5. The number of pyridine rings is 1. The average Bonchev–Trinajstić information content (AvgIpc) is 2.78. The summed E-state index contributed by atoms with van der Waals surface area (Å²) in [6, 6.07) is 3.54. The predicted molar refractivity (Wildman–Crippen MR) is 57.0 cm³/mol. The molecule has 0 saturated carbocycles. The van der Waals surface area contributed by atoms with Crippen molar-refractivity contribution < 1.29 is 9.90 Å². The second kappa shape index (κ2) is 4.08. The van der Waals surface area contributed by atoms with Crippen molar-refractivity contribution in [2.75, 3.05) is 0 Å². The van der Waals surface area contributed by atoms with Gasteiger partial charge in [-0.15, -0.1) is 0 Å². The highest BCUT2D eigenvalue weighted by Gasteiger charge is 2.15. The van der Waals surface area contributed by atoms with Gasteiger partial charge in [0, 0.05) is 29.7 Å². The lowest BCUT2D eigenvalue weighted by atomic mass is 10.1. The van der Waals surface area contributed by atoms with Gasteiger partial charge in [-0.05, 0) is 17.6 Å². The fraction of sp³-hybridized carbons (Fsp3) is 0. The molecule has 0 radical (unpaired) electrons. The van der Waals surface area contributed by atoms with E-state index in [1.54, 1.807) is 6.07 Å². The molecule has 0 bridgehead atoms. The first-order valence-corrected chi connectivity index (χ1v) is 5.03. The van der Waals surface area contributed by atoms with Crippen LogP contribution in [0.25, 0.3) is 11.1 Å². The van der Waals surface area contributed by atoms with E-state index in [-0.39, 0.29) is 4.88 Å². The highest BCUT2D eigenvalue weighted by Crippen LogP contribution is 2.26. The summed E-state index contributed by atoms with van der Waals surface area (Å²) < 4.78 is 3.83. The molecule has 0 saturated heterocycles. The molecule has 0 aliphatic rings. The van der Waals surface area contributed by atoms with E-state index in [2.05, 4.69) is 9.36 Å². The predicted octanol–water partition coefficient (Wildman–Crippen LogP) is 1.77. The zero-order valence-electron chi connectivity index (χ0n) is 7.91. The monoisotopic (exact) mass is 231 g/mol. The average molecular weight is 231 g/mol. The van der Waals surface area contributed by atoms with E-state index in [0.717, 1.165) is 11.5 Å². The van der Waals surface area contributed by atoms with E-state index in [0.29, 0.717) is 16.7 Å². The van der Waals surface area contributed by atoms with Crippen LogP contribution in [0.5, 0.6) is 0 Å². The van der Waals surface area contributed by atoms with Crippen molar-refractivity contribution in [3.63, 3.8) is 0 Å². The van der Waals surface area contributed by atoms with Crippen LogP contribution in [0, 0.1) is 11.3 Å². The van der Waals surface area contributed by atoms with Gasteiger partial charge in [0.25, 0.3) is 0 Å². The fourth-order valence-electron chi connectivity index (χ4n) is 1.25. The second-order valence-corrected chi connectivity index (χ2v) is 3.75. The number of nitrogens with zero attached hydrogens (tertiary/aromatic N) is 3. The first kappa shape index (κ1) is 10.3. The number of carbonyl (C=O) groups is 1. The molecule has 2 heterocycles. The summed E-state index contributed by atoms with van der Waals surface area (Å²) in [5.41, 5.74) is 1.47. The van der Waals surface area contributed by atoms with Crippen LogP contribution < -0.4 is 0 Å². The maximum absolute atomic E-state index is 10.9. The maximum atomic E-state index is 10.9. The normalized spacial score (nSPS) is 9.69. The molecule has 6 heteroatoms. The molecule has 0 spiro atoms. The Morgan fingerprint density at radius 3 is 2.94 bits per heavy atom. The standard InChI is InChI=1S/C10H5N3O2S/c11-2-6-1-7(4-12-3-6)8-5-13-16-9(8)10(14)15/h1,3-5H,(H,14,15). The van der Waals surface area contributed by atoms with Gasteiger partial charge in [-0.2, -0.15) is 9.64 Å². The first-order chi connectivity index (χ1) is 7.72. The molecular formula is C10H5N3O2S. The quantitative estimate of drug-likeness (QED) is 0.851. The Bertz CT molecular complexity index is 586. The minimum Gasteiger partial charge on any atom is -0.477 e. The number of aromatic carboxylic acids is 1. The lowest BCUT2D eigenvalue weighted by Gasteiger charge is -1.98. The Labute approximate surface area is 94.8 Å². The second-order valence-electron chi connectivity index (χ2n) is 2.95. The van der Waals surface area contributed by atoms with Crippen LogP contribution >= 0.6 is 11.5 Å². The summed E-state index contributed by atoms with van der Waals surface area (Å²) in [5.74, 6) is -1.03. The molecule has 1 N–H and O–H groups in total. The van der Waals surface area contributed by atoms with Gasteiger partial charge in [0.2, 0.25) is 0 Å². The van der Waals surface area contributed by atoms with Gasteiger partial charge in [0.05, 0.1) is 5.56 Å². The zero-order chi connectivity index (χ0) is 11.5. The first-order valence-electron chi connectivity index (χ1n) is 4.26. The molecule has 0 amide bonds. The number of hydrogen-bond donors (Lipinski definition) is 1. The molecule has 0 fully saturated rings. The maximum Gasteiger partial charge on any atom is 0.348 e. The SMILES string of the molecule is N#Cc1cncc(-c2cnsc2C(=O)O)c1. The Kier molecular flexibility index (Phi) is 2.62. The highest BCUT2D eigenvalue weighted by atomic mass is 32.1. The highest BCUT2D eigenvalue weighted by molar-refractivity contribution is 7.08. The van der Waals surface area contributed by atoms with Crippen molar-refractivity contribution in [3.8, 4) is 17.2 Å². The number of nitriles is 1. The third-order valence-corrected chi connectivity index (χ3v) is 2.73. The van der Waals surface area contributed by atoms with Crippen LogP contribution in [0.3, 0.4) is 0 Å². The molecule has 2 aromatic rings. The summed E-state index contributed by atoms with van der Waals surface area (Å²) in [4.78, 5) is 14.9. The third-order valence-electron chi connectivity index (χ3n) is 1.94. The van der Waals surface area contributed by atoms with E-state index in [4.69, 9.17) is 10.4 Å². The Morgan fingerprint density at radius 1 is 1.44 bits per heavy atom. The number of rotatable bonds is 2. The number of carboxylic acid groups (broad SMARTS) is 1. The summed E-state index contributed by atoms with van der Waals surface area (Å²) in [7, 11) is 0. The van der Waals surface area contributed by atoms with Crippen molar-refractivity contribution in [1.29, 1.82) is 5.26 Å². The summed E-state index contributed by atoms with van der Waals surface area (Å²) in [6.45, 7) is 0. The number of aromatic nitrogens is 2. The largest absolute Gasteiger partial charge is 0.477 e. The molecular weight excluding hydrogens is 226 g/mol. The summed E-state index contributed by atoms with van der Waals surface area (Å²) >= 11 is 0.906. The van der Waals surface area contributed by atoms with Gasteiger partial charge in [-0.3, -0.25) is 4.98 Å². The minimum atomic E-state index is -1.03. The van der Waals surface area contributed by atoms with Crippen molar-refractivity contribution in [1.82, 2.24) is 9.36 Å². The molecule has 2 aromatic heterocycles. The molecule has 0 aliphatic heterocycles. The minimum absolute atomic E-state index is 0.150. The zero-order valence-corrected chi connectivity index (χ0v) is 8.73. The van der Waals surface area contributed by atoms with Gasteiger partial charge in [0.1, 0.15) is 10.9 Å². The van der Waals surface area contributed by atoms with E-state index < -0.39 is 5.97 Å². The molecule has 2 rings (SSSR count). The van der Waals surface area contributed by atoms with E-state index >= 15 is 0 Å². The van der Waals surface area contributed by atoms with Gasteiger partial charge < -0.3 is 5.11 Å². The molecule has 5 nitrogen and oxygen atoms in total. The molecule has 0 atom stereocenters. The smallest absolute Gasteiger partial charge is 0.348 e. The molecule has 78 valence electrons. The summed E-state index contributed by atoms with van der Waals surface area (Å²) in [6.07, 6.45) is 4.40. The molecule has 16 heavy (non-hydrogen) atoms. The van der Waals surface area contributed by atoms with Crippen LogP contribution in [0.1, 0.15) is 15.2 Å². The topological polar surface area (TPSA) is 86.9 Å². The lowest BCUT2D eigenvalue weighted by molar-refractivity contribution is 0.0703. The van der Waals surface area contributed by atoms with Gasteiger partial charge in [0.15, 0.2) is 0 Å². The van der Waals surface area contributed by atoms with Crippen LogP contribution in [0.2, 0.25) is 0 Å².